The number of nitrogens with one attached hydrogen (secondary N) is 1. The molecule has 0 bridgehead atoms. The fourth-order valence-corrected chi connectivity index (χ4v) is 2.27. The molecule has 0 fully saturated rings. The fraction of sp³-hybridized carbons (Fsp3) is 0.222. The van der Waals surface area contributed by atoms with E-state index in [-0.39, 0.29) is 18.8 Å². The van der Waals surface area contributed by atoms with Crippen molar-refractivity contribution in [2.24, 2.45) is 0 Å². The van der Waals surface area contributed by atoms with Crippen molar-refractivity contribution in [3.05, 3.63) is 60.0 Å². The minimum Gasteiger partial charge on any atom is -0.497 e. The van der Waals surface area contributed by atoms with Gasteiger partial charge in [-0.15, -0.1) is 0 Å². The summed E-state index contributed by atoms with van der Waals surface area (Å²) < 4.78 is 10.6. The van der Waals surface area contributed by atoms with Crippen LogP contribution in [0.15, 0.2) is 48.7 Å². The van der Waals surface area contributed by atoms with E-state index in [1.807, 2.05) is 42.5 Å². The number of H-pyrrole nitrogens is 1. The molecular formula is C18H18N4O3. The Morgan fingerprint density at radius 3 is 2.92 bits per heavy atom. The number of nitrogens with zero attached hydrogens (tertiary/aromatic N) is 3. The zero-order valence-electron chi connectivity index (χ0n) is 13.8. The lowest BCUT2D eigenvalue weighted by Crippen LogP contribution is -2.12. The van der Waals surface area contributed by atoms with E-state index in [9.17, 15) is 4.79 Å². The average Bonchev–Trinajstić information content (AvgIpc) is 3.11. The number of rotatable bonds is 8. The second-order valence-electron chi connectivity index (χ2n) is 5.38. The summed E-state index contributed by atoms with van der Waals surface area (Å²) in [5.41, 5.74) is 1.61. The monoisotopic (exact) mass is 338 g/mol. The van der Waals surface area contributed by atoms with Crippen molar-refractivity contribution in [3.8, 4) is 17.3 Å². The number of hydrogen-bond acceptors (Lipinski definition) is 6. The second kappa shape index (κ2) is 8.16. The molecule has 0 aliphatic carbocycles. The van der Waals surface area contributed by atoms with Gasteiger partial charge in [-0.05, 0) is 29.8 Å². The van der Waals surface area contributed by atoms with Crippen molar-refractivity contribution >= 4 is 5.78 Å². The Kier molecular flexibility index (Phi) is 5.48. The van der Waals surface area contributed by atoms with Crippen LogP contribution in [-0.2, 0) is 22.6 Å². The van der Waals surface area contributed by atoms with Crippen LogP contribution in [0.4, 0.5) is 0 Å². The number of ether oxygens (including phenoxy) is 2. The number of pyridine rings is 1. The lowest BCUT2D eigenvalue weighted by Gasteiger charge is -2.05. The smallest absolute Gasteiger partial charge is 0.199 e. The Morgan fingerprint density at radius 1 is 1.20 bits per heavy atom. The minimum absolute atomic E-state index is 0.0107. The highest BCUT2D eigenvalue weighted by Gasteiger charge is 2.11. The molecule has 7 nitrogen and oxygen atoms in total. The van der Waals surface area contributed by atoms with Gasteiger partial charge in [0.15, 0.2) is 11.6 Å². The molecule has 128 valence electrons. The predicted octanol–water partition coefficient (Wildman–Crippen LogP) is 2.20. The molecule has 2 heterocycles. The molecule has 0 atom stereocenters. The third-order valence-electron chi connectivity index (χ3n) is 3.46. The summed E-state index contributed by atoms with van der Waals surface area (Å²) in [5.74, 6) is 1.65. The normalized spacial score (nSPS) is 10.6. The molecule has 0 aliphatic rings. The molecule has 2 aromatic heterocycles. The Labute approximate surface area is 145 Å². The molecule has 3 aromatic rings. The van der Waals surface area contributed by atoms with Crippen LogP contribution in [0.3, 0.4) is 0 Å². The van der Waals surface area contributed by atoms with E-state index in [4.69, 9.17) is 9.47 Å². The van der Waals surface area contributed by atoms with Gasteiger partial charge in [-0.25, -0.2) is 4.98 Å². The maximum absolute atomic E-state index is 12.0. The maximum Gasteiger partial charge on any atom is 0.199 e. The second-order valence-corrected chi connectivity index (χ2v) is 5.38. The molecule has 0 spiro atoms. The van der Waals surface area contributed by atoms with Gasteiger partial charge in [0.05, 0.1) is 20.1 Å². The summed E-state index contributed by atoms with van der Waals surface area (Å²) >= 11 is 0. The first-order valence-electron chi connectivity index (χ1n) is 7.79. The van der Waals surface area contributed by atoms with Gasteiger partial charge in [0.1, 0.15) is 23.9 Å². The SMILES string of the molecule is COc1cccc(COCC(=O)Cc2nc(-c3ccccn3)n[nH]2)c1. The van der Waals surface area contributed by atoms with Gasteiger partial charge >= 0.3 is 0 Å². The fourth-order valence-electron chi connectivity index (χ4n) is 2.27. The highest BCUT2D eigenvalue weighted by molar-refractivity contribution is 5.81. The van der Waals surface area contributed by atoms with Crippen molar-refractivity contribution in [2.45, 2.75) is 13.0 Å². The van der Waals surface area contributed by atoms with Crippen molar-refractivity contribution in [2.75, 3.05) is 13.7 Å². The van der Waals surface area contributed by atoms with Crippen LogP contribution in [0.5, 0.6) is 5.75 Å². The summed E-state index contributed by atoms with van der Waals surface area (Å²) in [7, 11) is 1.61. The molecule has 0 saturated heterocycles. The van der Waals surface area contributed by atoms with Crippen LogP contribution in [0, 0.1) is 0 Å². The first-order valence-corrected chi connectivity index (χ1v) is 7.79. The maximum atomic E-state index is 12.0. The van der Waals surface area contributed by atoms with E-state index in [1.54, 1.807) is 13.3 Å². The third kappa shape index (κ3) is 4.71. The van der Waals surface area contributed by atoms with Crippen LogP contribution in [-0.4, -0.2) is 39.7 Å². The van der Waals surface area contributed by atoms with Crippen LogP contribution in [0.1, 0.15) is 11.4 Å². The van der Waals surface area contributed by atoms with E-state index in [1.165, 1.54) is 0 Å². The van der Waals surface area contributed by atoms with Gasteiger partial charge in [0.2, 0.25) is 0 Å². The van der Waals surface area contributed by atoms with E-state index >= 15 is 0 Å². The highest BCUT2D eigenvalue weighted by atomic mass is 16.5. The average molecular weight is 338 g/mol. The van der Waals surface area contributed by atoms with Gasteiger partial charge in [0, 0.05) is 6.20 Å². The Morgan fingerprint density at radius 2 is 2.12 bits per heavy atom. The van der Waals surface area contributed by atoms with E-state index in [0.29, 0.717) is 23.9 Å². The third-order valence-corrected chi connectivity index (χ3v) is 3.46. The van der Waals surface area contributed by atoms with Crippen molar-refractivity contribution in [1.82, 2.24) is 20.2 Å². The molecule has 0 amide bonds. The molecule has 1 N–H and O–H groups in total. The predicted molar refractivity (Wildman–Crippen MR) is 91.0 cm³/mol. The molecule has 7 heteroatoms. The quantitative estimate of drug-likeness (QED) is 0.677. The summed E-state index contributed by atoms with van der Waals surface area (Å²) in [5, 5.41) is 6.85. The van der Waals surface area contributed by atoms with Crippen LogP contribution < -0.4 is 4.74 Å². The molecule has 0 radical (unpaired) electrons. The van der Waals surface area contributed by atoms with Gasteiger partial charge in [-0.2, -0.15) is 5.10 Å². The van der Waals surface area contributed by atoms with E-state index in [2.05, 4.69) is 20.2 Å². The molecular weight excluding hydrogens is 320 g/mol. The lowest BCUT2D eigenvalue weighted by molar-refractivity contribution is -0.123. The number of methoxy groups -OCH3 is 1. The Bertz CT molecular complexity index is 833. The molecule has 0 unspecified atom stereocenters. The summed E-state index contributed by atoms with van der Waals surface area (Å²) in [6.07, 6.45) is 1.81. The summed E-state index contributed by atoms with van der Waals surface area (Å²) in [6, 6.07) is 13.0. The number of aromatic nitrogens is 4. The largest absolute Gasteiger partial charge is 0.497 e. The number of benzene rings is 1. The lowest BCUT2D eigenvalue weighted by atomic mass is 10.2. The molecule has 3 rings (SSSR count). The van der Waals surface area contributed by atoms with Crippen molar-refractivity contribution < 1.29 is 14.3 Å². The summed E-state index contributed by atoms with van der Waals surface area (Å²) in [6.45, 7) is 0.357. The topological polar surface area (TPSA) is 90.0 Å². The molecule has 0 aliphatic heterocycles. The van der Waals surface area contributed by atoms with Crippen LogP contribution >= 0.6 is 0 Å². The number of carbonyl (C=O) groups is 1. The highest BCUT2D eigenvalue weighted by Crippen LogP contribution is 2.13. The number of Topliss-reactive ketones (excluding diaryl/α,β-unsaturated/α-hetero) is 1. The van der Waals surface area contributed by atoms with E-state index in [0.717, 1.165) is 11.3 Å². The zero-order chi connectivity index (χ0) is 17.5. The van der Waals surface area contributed by atoms with Gasteiger partial charge in [-0.3, -0.25) is 14.9 Å². The number of hydrogen-bond donors (Lipinski definition) is 1. The number of carbonyl (C=O) groups excluding carboxylic acids is 1. The van der Waals surface area contributed by atoms with Crippen molar-refractivity contribution in [3.63, 3.8) is 0 Å². The Hall–Kier alpha value is -3.06. The van der Waals surface area contributed by atoms with Crippen LogP contribution in [0.2, 0.25) is 0 Å². The zero-order valence-corrected chi connectivity index (χ0v) is 13.8. The van der Waals surface area contributed by atoms with Gasteiger partial charge in [0.25, 0.3) is 0 Å². The van der Waals surface area contributed by atoms with Gasteiger partial charge < -0.3 is 9.47 Å². The van der Waals surface area contributed by atoms with Crippen LogP contribution in [0.25, 0.3) is 11.5 Å². The standard InChI is InChI=1S/C18H18N4O3/c1-24-15-6-4-5-13(9-15)11-25-12-14(23)10-17-20-18(22-21-17)16-7-2-3-8-19-16/h2-9H,10-12H2,1H3,(H,20,21,22). The number of aromatic amines is 1. The van der Waals surface area contributed by atoms with Gasteiger partial charge in [-0.1, -0.05) is 18.2 Å². The van der Waals surface area contributed by atoms with Crippen molar-refractivity contribution in [1.29, 1.82) is 0 Å². The molecule has 1 aromatic carbocycles. The number of ketones is 1. The first kappa shape index (κ1) is 16.8. The summed E-state index contributed by atoms with van der Waals surface area (Å²) in [4.78, 5) is 20.5. The minimum atomic E-state index is -0.0772. The molecule has 25 heavy (non-hydrogen) atoms. The molecule has 0 saturated carbocycles. The van der Waals surface area contributed by atoms with E-state index < -0.39 is 0 Å². The Balaban J connectivity index is 1.49. The first-order chi connectivity index (χ1) is 12.2.